The number of aromatic nitrogens is 4. The van der Waals surface area contributed by atoms with Gasteiger partial charge in [-0.05, 0) is 19.1 Å². The van der Waals surface area contributed by atoms with Crippen LogP contribution in [-0.2, 0) is 5.75 Å². The number of rotatable bonds is 5. The molecule has 0 spiro atoms. The maximum Gasteiger partial charge on any atom is 0.325 e. The molecule has 7 N–H and O–H groups in total. The van der Waals surface area contributed by atoms with Gasteiger partial charge in [-0.25, -0.2) is 9.98 Å². The van der Waals surface area contributed by atoms with Crippen molar-refractivity contribution in [1.29, 1.82) is 0 Å². The van der Waals surface area contributed by atoms with Crippen LogP contribution in [-0.4, -0.2) is 26.1 Å². The summed E-state index contributed by atoms with van der Waals surface area (Å²) in [5.74, 6) is 0.958. The molecule has 3 rings (SSSR count). The van der Waals surface area contributed by atoms with E-state index in [9.17, 15) is 4.79 Å². The van der Waals surface area contributed by atoms with Crippen molar-refractivity contribution in [3.8, 4) is 0 Å². The Hall–Kier alpha value is -2.92. The van der Waals surface area contributed by atoms with Crippen molar-refractivity contribution in [1.82, 2.24) is 20.2 Å². The third-order valence-electron chi connectivity index (χ3n) is 3.14. The molecule has 0 radical (unpaired) electrons. The normalized spacial score (nSPS) is 11.5. The lowest BCUT2D eigenvalue weighted by atomic mass is 10.2. The predicted molar refractivity (Wildman–Crippen MR) is 103 cm³/mol. The van der Waals surface area contributed by atoms with E-state index in [-0.39, 0.29) is 17.5 Å². The molecule has 134 valence electrons. The molecule has 0 aliphatic heterocycles. The van der Waals surface area contributed by atoms with Crippen LogP contribution in [0.3, 0.4) is 0 Å². The fraction of sp³-hybridized carbons (Fsp3) is 0.133. The standard InChI is InChI=1S/C15H16N8OS2/c1-8-2-4-9(5-3-8)18-12(16)21-14-19-10(6-11(24)20-14)7-25-15-23-22-13(17)26-15/h2-6H,7H2,1H3,(H2,17,22)(H4,16,18,19,20,21,24)/p+1. The highest BCUT2D eigenvalue weighted by atomic mass is 32.2. The minimum atomic E-state index is -0.280. The third kappa shape index (κ3) is 5.04. The van der Waals surface area contributed by atoms with E-state index >= 15 is 0 Å². The molecule has 0 aliphatic carbocycles. The van der Waals surface area contributed by atoms with Crippen molar-refractivity contribution in [2.24, 2.45) is 5.73 Å². The van der Waals surface area contributed by atoms with Gasteiger partial charge in [0.1, 0.15) is 5.69 Å². The molecule has 2 aromatic heterocycles. The zero-order chi connectivity index (χ0) is 18.5. The summed E-state index contributed by atoms with van der Waals surface area (Å²) < 4.78 is 0.714. The minimum absolute atomic E-state index is 0.249. The number of nitrogen functional groups attached to an aromatic ring is 1. The van der Waals surface area contributed by atoms with Crippen LogP contribution >= 0.6 is 23.1 Å². The number of aromatic amines is 1. The lowest BCUT2D eigenvalue weighted by molar-refractivity contribution is -0.365. The highest BCUT2D eigenvalue weighted by molar-refractivity contribution is 8.00. The van der Waals surface area contributed by atoms with Crippen LogP contribution in [0.4, 0.5) is 16.8 Å². The van der Waals surface area contributed by atoms with Crippen LogP contribution in [0.5, 0.6) is 0 Å². The smallest absolute Gasteiger partial charge is 0.325 e. The van der Waals surface area contributed by atoms with Gasteiger partial charge < -0.3 is 11.5 Å². The minimum Gasteiger partial charge on any atom is -0.374 e. The fourth-order valence-electron chi connectivity index (χ4n) is 2.01. The van der Waals surface area contributed by atoms with E-state index in [0.717, 1.165) is 11.3 Å². The molecule has 0 bridgehead atoms. The van der Waals surface area contributed by atoms with Gasteiger partial charge in [0.15, 0.2) is 4.34 Å². The second kappa shape index (κ2) is 7.97. The first kappa shape index (κ1) is 17.9. The average molecular weight is 389 g/mol. The summed E-state index contributed by atoms with van der Waals surface area (Å²) in [7, 11) is 0. The first-order valence-corrected chi connectivity index (χ1v) is 9.33. The Bertz CT molecular complexity index is 980. The zero-order valence-electron chi connectivity index (χ0n) is 13.8. The number of guanidine groups is 1. The van der Waals surface area contributed by atoms with Gasteiger partial charge in [-0.3, -0.25) is 10.1 Å². The molecular weight excluding hydrogens is 372 g/mol. The fourth-order valence-corrected chi connectivity index (χ4v) is 3.54. The number of hydrogen-bond donors (Lipinski definition) is 5. The Morgan fingerprint density at radius 1 is 1.35 bits per heavy atom. The van der Waals surface area contributed by atoms with Crippen molar-refractivity contribution in [2.75, 3.05) is 11.1 Å². The molecule has 0 saturated heterocycles. The van der Waals surface area contributed by atoms with E-state index in [2.05, 4.69) is 30.5 Å². The van der Waals surface area contributed by atoms with Gasteiger partial charge in [-0.1, -0.05) is 40.8 Å². The van der Waals surface area contributed by atoms with Gasteiger partial charge in [0.2, 0.25) is 5.13 Å². The predicted octanol–water partition coefficient (Wildman–Crippen LogP) is -0.0568. The van der Waals surface area contributed by atoms with E-state index in [0.29, 0.717) is 20.9 Å². The summed E-state index contributed by atoms with van der Waals surface area (Å²) in [6, 6.07) is 9.16. The monoisotopic (exact) mass is 389 g/mol. The lowest BCUT2D eigenvalue weighted by Crippen LogP contribution is -2.73. The topological polar surface area (TPSA) is 150 Å². The number of aryl methyl sites for hydroxylation is 1. The molecule has 0 amide bonds. The molecule has 9 nitrogen and oxygen atoms in total. The zero-order valence-corrected chi connectivity index (χ0v) is 15.4. The number of H-pyrrole nitrogens is 1. The Labute approximate surface area is 157 Å². The molecular formula is C15H17N8OS2+. The van der Waals surface area contributed by atoms with Crippen LogP contribution in [0.1, 0.15) is 11.3 Å². The van der Waals surface area contributed by atoms with E-state index in [4.69, 9.17) is 11.5 Å². The summed E-state index contributed by atoms with van der Waals surface area (Å²) >= 11 is 2.69. The Balaban J connectivity index is 1.71. The van der Waals surface area contributed by atoms with Crippen LogP contribution in [0.25, 0.3) is 0 Å². The first-order valence-electron chi connectivity index (χ1n) is 7.53. The molecule has 0 saturated carbocycles. The van der Waals surface area contributed by atoms with Crippen LogP contribution in [0.2, 0.25) is 0 Å². The number of hydrogen-bond acceptors (Lipinski definition) is 7. The highest BCUT2D eigenvalue weighted by Gasteiger charge is 2.09. The largest absolute Gasteiger partial charge is 0.374 e. The van der Waals surface area contributed by atoms with Gasteiger partial charge in [0, 0.05) is 6.07 Å². The van der Waals surface area contributed by atoms with Gasteiger partial charge in [-0.2, -0.15) is 0 Å². The molecule has 0 fully saturated rings. The molecule has 11 heteroatoms. The van der Waals surface area contributed by atoms with Crippen LogP contribution in [0.15, 0.2) is 39.5 Å². The molecule has 2 heterocycles. The summed E-state index contributed by atoms with van der Waals surface area (Å²) in [5, 5.41) is 11.1. The molecule has 26 heavy (non-hydrogen) atoms. The quantitative estimate of drug-likeness (QED) is 0.231. The Kier molecular flexibility index (Phi) is 5.49. The van der Waals surface area contributed by atoms with E-state index in [1.54, 1.807) is 0 Å². The summed E-state index contributed by atoms with van der Waals surface area (Å²) in [6.07, 6.45) is 0. The molecule has 0 atom stereocenters. The summed E-state index contributed by atoms with van der Waals surface area (Å²) in [6.45, 7) is 2.00. The number of benzene rings is 1. The van der Waals surface area contributed by atoms with Gasteiger partial charge in [0.25, 0.3) is 11.5 Å². The van der Waals surface area contributed by atoms with Crippen molar-refractivity contribution < 1.29 is 4.99 Å². The highest BCUT2D eigenvalue weighted by Crippen LogP contribution is 2.25. The SMILES string of the molecule is Cc1ccc(NC(N)=[NH+]c2nc(CSc3nnc(N)s3)cc(=O)[nH]2)cc1. The van der Waals surface area contributed by atoms with E-state index in [1.165, 1.54) is 29.2 Å². The van der Waals surface area contributed by atoms with Crippen molar-refractivity contribution in [3.63, 3.8) is 0 Å². The van der Waals surface area contributed by atoms with Crippen LogP contribution in [0, 0.1) is 6.92 Å². The number of nitrogens with one attached hydrogen (secondary N) is 3. The lowest BCUT2D eigenvalue weighted by Gasteiger charge is -2.02. The van der Waals surface area contributed by atoms with Crippen molar-refractivity contribution >= 4 is 45.8 Å². The maximum atomic E-state index is 11.8. The van der Waals surface area contributed by atoms with Gasteiger partial charge >= 0.3 is 5.95 Å². The Morgan fingerprint density at radius 2 is 2.12 bits per heavy atom. The van der Waals surface area contributed by atoms with Crippen molar-refractivity contribution in [2.45, 2.75) is 17.0 Å². The second-order valence-electron chi connectivity index (χ2n) is 5.31. The van der Waals surface area contributed by atoms with Crippen LogP contribution < -0.4 is 27.3 Å². The summed E-state index contributed by atoms with van der Waals surface area (Å²) in [4.78, 5) is 21.6. The van der Waals surface area contributed by atoms with E-state index < -0.39 is 0 Å². The van der Waals surface area contributed by atoms with Gasteiger partial charge in [0.05, 0.1) is 11.4 Å². The molecule has 0 aliphatic rings. The number of nitrogens with zero attached hydrogens (tertiary/aromatic N) is 3. The maximum absolute atomic E-state index is 11.8. The summed E-state index contributed by atoms with van der Waals surface area (Å²) in [5.41, 5.74) is 13.8. The number of thioether (sulfide) groups is 1. The molecule has 3 aromatic rings. The average Bonchev–Trinajstić information content (AvgIpc) is 3.00. The molecule has 1 aromatic carbocycles. The van der Waals surface area contributed by atoms with Crippen molar-refractivity contribution in [3.05, 3.63) is 51.9 Å². The Morgan fingerprint density at radius 3 is 2.81 bits per heavy atom. The number of anilines is 2. The first-order chi connectivity index (χ1) is 12.5. The number of nitrogens with two attached hydrogens (primary N) is 2. The second-order valence-corrected chi connectivity index (χ2v) is 7.54. The van der Waals surface area contributed by atoms with Gasteiger partial charge in [-0.15, -0.1) is 15.2 Å². The van der Waals surface area contributed by atoms with E-state index in [1.807, 2.05) is 31.2 Å². The third-order valence-corrected chi connectivity index (χ3v) is 5.06. The molecule has 0 unspecified atom stereocenters.